The first-order chi connectivity index (χ1) is 9.61. The number of carboxylic acid groups (broad SMARTS) is 1. The Morgan fingerprint density at radius 3 is 2.80 bits per heavy atom. The molecule has 1 rings (SSSR count). The standard InChI is InChI=1S/C15H26N2O3/c1-2-6-13(11-14(18)19)17-15(20)16-10-9-12-7-4-3-5-8-12/h7,13H,2-6,8-11H2,1H3,(H,18,19)(H2,16,17,20). The summed E-state index contributed by atoms with van der Waals surface area (Å²) in [6.07, 6.45) is 9.49. The van der Waals surface area contributed by atoms with Crippen molar-refractivity contribution in [1.82, 2.24) is 10.6 Å². The van der Waals surface area contributed by atoms with Crippen molar-refractivity contribution < 1.29 is 14.7 Å². The fourth-order valence-corrected chi connectivity index (χ4v) is 2.49. The van der Waals surface area contributed by atoms with Gasteiger partial charge in [-0.2, -0.15) is 0 Å². The molecule has 0 heterocycles. The highest BCUT2D eigenvalue weighted by atomic mass is 16.4. The number of allylic oxidation sites excluding steroid dienone is 1. The van der Waals surface area contributed by atoms with E-state index in [1.165, 1.54) is 18.4 Å². The predicted octanol–water partition coefficient (Wildman–Crippen LogP) is 2.82. The van der Waals surface area contributed by atoms with E-state index in [1.54, 1.807) is 0 Å². The highest BCUT2D eigenvalue weighted by molar-refractivity contribution is 5.75. The van der Waals surface area contributed by atoms with Gasteiger partial charge in [0.2, 0.25) is 0 Å². The SMILES string of the molecule is CCCC(CC(=O)O)NC(=O)NCCC1=CCCCC1. The van der Waals surface area contributed by atoms with Gasteiger partial charge >= 0.3 is 12.0 Å². The lowest BCUT2D eigenvalue weighted by Crippen LogP contribution is -2.43. The lowest BCUT2D eigenvalue weighted by Gasteiger charge is -2.17. The van der Waals surface area contributed by atoms with Gasteiger partial charge in [-0.25, -0.2) is 4.79 Å². The van der Waals surface area contributed by atoms with Gasteiger partial charge in [0.25, 0.3) is 0 Å². The summed E-state index contributed by atoms with van der Waals surface area (Å²) in [4.78, 5) is 22.4. The third kappa shape index (κ3) is 7.16. The van der Waals surface area contributed by atoms with E-state index in [0.717, 1.165) is 25.7 Å². The fourth-order valence-electron chi connectivity index (χ4n) is 2.49. The summed E-state index contributed by atoms with van der Waals surface area (Å²) >= 11 is 0. The van der Waals surface area contributed by atoms with Crippen LogP contribution in [0.5, 0.6) is 0 Å². The maximum atomic E-state index is 11.7. The molecule has 0 aromatic rings. The summed E-state index contributed by atoms with van der Waals surface area (Å²) < 4.78 is 0. The molecule has 1 atom stereocenters. The molecule has 1 unspecified atom stereocenters. The smallest absolute Gasteiger partial charge is 0.315 e. The van der Waals surface area contributed by atoms with E-state index in [9.17, 15) is 9.59 Å². The maximum absolute atomic E-state index is 11.7. The Morgan fingerprint density at radius 2 is 2.20 bits per heavy atom. The van der Waals surface area contributed by atoms with Gasteiger partial charge in [-0.05, 0) is 38.5 Å². The molecule has 114 valence electrons. The minimum atomic E-state index is -0.879. The van der Waals surface area contributed by atoms with E-state index >= 15 is 0 Å². The molecule has 1 aliphatic rings. The van der Waals surface area contributed by atoms with Crippen molar-refractivity contribution in [3.05, 3.63) is 11.6 Å². The summed E-state index contributed by atoms with van der Waals surface area (Å²) in [5.41, 5.74) is 1.42. The van der Waals surface area contributed by atoms with Gasteiger partial charge in [-0.15, -0.1) is 0 Å². The monoisotopic (exact) mass is 282 g/mol. The van der Waals surface area contributed by atoms with Gasteiger partial charge in [0.05, 0.1) is 6.42 Å². The van der Waals surface area contributed by atoms with Crippen molar-refractivity contribution in [2.45, 2.75) is 64.3 Å². The fraction of sp³-hybridized carbons (Fsp3) is 0.733. The zero-order chi connectivity index (χ0) is 14.8. The van der Waals surface area contributed by atoms with Crippen LogP contribution in [-0.4, -0.2) is 29.7 Å². The molecule has 0 aromatic carbocycles. The number of amides is 2. The van der Waals surface area contributed by atoms with E-state index in [4.69, 9.17) is 5.11 Å². The Labute approximate surface area is 120 Å². The second-order valence-corrected chi connectivity index (χ2v) is 5.34. The topological polar surface area (TPSA) is 78.4 Å². The van der Waals surface area contributed by atoms with Gasteiger partial charge < -0.3 is 15.7 Å². The number of hydrogen-bond acceptors (Lipinski definition) is 2. The molecular weight excluding hydrogens is 256 g/mol. The van der Waals surface area contributed by atoms with Crippen molar-refractivity contribution >= 4 is 12.0 Å². The molecule has 0 spiro atoms. The van der Waals surface area contributed by atoms with Gasteiger partial charge in [0.1, 0.15) is 0 Å². The number of aliphatic carboxylic acids is 1. The van der Waals surface area contributed by atoms with Crippen molar-refractivity contribution in [2.24, 2.45) is 0 Å². The van der Waals surface area contributed by atoms with E-state index in [2.05, 4.69) is 16.7 Å². The summed E-state index contributed by atoms with van der Waals surface area (Å²) in [5.74, 6) is -0.879. The molecule has 0 saturated heterocycles. The van der Waals surface area contributed by atoms with Crippen LogP contribution in [0.2, 0.25) is 0 Å². The van der Waals surface area contributed by atoms with Gasteiger partial charge in [-0.3, -0.25) is 4.79 Å². The van der Waals surface area contributed by atoms with Crippen molar-refractivity contribution in [2.75, 3.05) is 6.54 Å². The molecule has 0 fully saturated rings. The second-order valence-electron chi connectivity index (χ2n) is 5.34. The van der Waals surface area contributed by atoms with E-state index < -0.39 is 5.97 Å². The average molecular weight is 282 g/mol. The predicted molar refractivity (Wildman–Crippen MR) is 78.7 cm³/mol. The molecule has 5 nitrogen and oxygen atoms in total. The number of carbonyl (C=O) groups is 2. The van der Waals surface area contributed by atoms with Crippen molar-refractivity contribution in [1.29, 1.82) is 0 Å². The third-order valence-electron chi connectivity index (χ3n) is 3.51. The van der Waals surface area contributed by atoms with Gasteiger partial charge in [0, 0.05) is 12.6 Å². The molecule has 5 heteroatoms. The summed E-state index contributed by atoms with van der Waals surface area (Å²) in [6, 6.07) is -0.549. The number of carboxylic acids is 1. The highest BCUT2D eigenvalue weighted by Gasteiger charge is 2.14. The number of hydrogen-bond donors (Lipinski definition) is 3. The van der Waals surface area contributed by atoms with E-state index in [1.807, 2.05) is 6.92 Å². The first-order valence-electron chi connectivity index (χ1n) is 7.56. The first kappa shape index (κ1) is 16.5. The normalized spacial score (nSPS) is 16.1. The zero-order valence-corrected chi connectivity index (χ0v) is 12.3. The Kier molecular flexibility index (Phi) is 7.77. The van der Waals surface area contributed by atoms with Gasteiger partial charge in [-0.1, -0.05) is 25.0 Å². The van der Waals surface area contributed by atoms with Crippen molar-refractivity contribution in [3.63, 3.8) is 0 Å². The number of urea groups is 1. The lowest BCUT2D eigenvalue weighted by molar-refractivity contribution is -0.137. The van der Waals surface area contributed by atoms with Crippen LogP contribution < -0.4 is 10.6 Å². The molecule has 0 aliphatic heterocycles. The molecule has 0 bridgehead atoms. The van der Waals surface area contributed by atoms with E-state index in [0.29, 0.717) is 13.0 Å². The average Bonchev–Trinajstić information content (AvgIpc) is 2.39. The Balaban J connectivity index is 2.23. The van der Waals surface area contributed by atoms with Crippen LogP contribution in [-0.2, 0) is 4.79 Å². The number of nitrogens with one attached hydrogen (secondary N) is 2. The molecule has 0 saturated carbocycles. The molecule has 3 N–H and O–H groups in total. The van der Waals surface area contributed by atoms with Crippen LogP contribution in [0.4, 0.5) is 4.79 Å². The molecule has 0 radical (unpaired) electrons. The summed E-state index contributed by atoms with van der Waals surface area (Å²) in [5, 5.41) is 14.3. The first-order valence-corrected chi connectivity index (χ1v) is 7.56. The van der Waals surface area contributed by atoms with Crippen LogP contribution in [0, 0.1) is 0 Å². The van der Waals surface area contributed by atoms with Crippen LogP contribution >= 0.6 is 0 Å². The quantitative estimate of drug-likeness (QED) is 0.599. The number of carbonyl (C=O) groups excluding carboxylic acids is 1. The largest absolute Gasteiger partial charge is 0.481 e. The minimum absolute atomic E-state index is 0.0214. The van der Waals surface area contributed by atoms with Crippen LogP contribution in [0.3, 0.4) is 0 Å². The Bertz CT molecular complexity index is 353. The lowest BCUT2D eigenvalue weighted by atomic mass is 9.97. The molecule has 20 heavy (non-hydrogen) atoms. The third-order valence-corrected chi connectivity index (χ3v) is 3.51. The van der Waals surface area contributed by atoms with Crippen molar-refractivity contribution in [3.8, 4) is 0 Å². The zero-order valence-electron chi connectivity index (χ0n) is 12.3. The Hall–Kier alpha value is -1.52. The highest BCUT2D eigenvalue weighted by Crippen LogP contribution is 2.19. The Morgan fingerprint density at radius 1 is 1.40 bits per heavy atom. The van der Waals surface area contributed by atoms with E-state index in [-0.39, 0.29) is 18.5 Å². The molecule has 2 amide bonds. The van der Waals surface area contributed by atoms with Crippen LogP contribution in [0.1, 0.15) is 58.3 Å². The molecule has 1 aliphatic carbocycles. The molecular formula is C15H26N2O3. The summed E-state index contributed by atoms with van der Waals surface area (Å²) in [6.45, 7) is 2.59. The maximum Gasteiger partial charge on any atom is 0.315 e. The van der Waals surface area contributed by atoms with Crippen LogP contribution in [0.25, 0.3) is 0 Å². The molecule has 0 aromatic heterocycles. The van der Waals surface area contributed by atoms with Crippen LogP contribution in [0.15, 0.2) is 11.6 Å². The second kappa shape index (κ2) is 9.39. The van der Waals surface area contributed by atoms with Gasteiger partial charge in [0.15, 0.2) is 0 Å². The number of rotatable bonds is 8. The summed E-state index contributed by atoms with van der Waals surface area (Å²) in [7, 11) is 0. The minimum Gasteiger partial charge on any atom is -0.481 e.